The molecule has 1 atom stereocenters. The number of hydrogen-bond acceptors (Lipinski definition) is 6. The molecule has 1 aliphatic heterocycles. The average Bonchev–Trinajstić information content (AvgIpc) is 2.77. The predicted molar refractivity (Wildman–Crippen MR) is 112 cm³/mol. The molecule has 0 fully saturated rings. The fourth-order valence-electron chi connectivity index (χ4n) is 3.32. The standard InChI is InChI=1S/C17H27NO5S.C4H6/c1-5-7-8-17(6-2)12-24(20,21)16-10-15(23-4)14(22-3)9-13(16)11-18(17)19;1-3-4-2/h9-10,19H,5-8,11-12H2,1-4H3;3-4H,1-2H2/t17-;/m1./s1. The SMILES string of the molecule is C=CC=C.CCCC[C@]1(CC)CS(=O)(=O)c2cc(OC)c(OC)cc2CN1O. The summed E-state index contributed by atoms with van der Waals surface area (Å²) in [6.45, 7) is 10.8. The Hall–Kier alpha value is -1.83. The van der Waals surface area contributed by atoms with E-state index >= 15 is 0 Å². The van der Waals surface area contributed by atoms with Crippen molar-refractivity contribution in [2.24, 2.45) is 0 Å². The summed E-state index contributed by atoms with van der Waals surface area (Å²) in [4.78, 5) is 0.214. The Morgan fingerprint density at radius 3 is 2.21 bits per heavy atom. The molecule has 1 aliphatic rings. The van der Waals surface area contributed by atoms with Crippen molar-refractivity contribution < 1.29 is 23.1 Å². The summed E-state index contributed by atoms with van der Waals surface area (Å²) in [7, 11) is -0.577. The lowest BCUT2D eigenvalue weighted by Gasteiger charge is -2.37. The fraction of sp³-hybridized carbons (Fsp3) is 0.524. The number of fused-ring (bicyclic) bond motifs is 1. The van der Waals surface area contributed by atoms with Gasteiger partial charge in [0, 0.05) is 6.07 Å². The van der Waals surface area contributed by atoms with E-state index in [2.05, 4.69) is 20.1 Å². The lowest BCUT2D eigenvalue weighted by atomic mass is 9.91. The van der Waals surface area contributed by atoms with Crippen LogP contribution in [0.25, 0.3) is 0 Å². The summed E-state index contributed by atoms with van der Waals surface area (Å²) in [5.41, 5.74) is -0.240. The van der Waals surface area contributed by atoms with Crippen LogP contribution in [0.1, 0.15) is 45.1 Å². The van der Waals surface area contributed by atoms with Crippen LogP contribution in [0.2, 0.25) is 0 Å². The van der Waals surface area contributed by atoms with Crippen LogP contribution in [0.4, 0.5) is 0 Å². The monoisotopic (exact) mass is 411 g/mol. The van der Waals surface area contributed by atoms with Gasteiger partial charge in [0.1, 0.15) is 0 Å². The normalized spacial score (nSPS) is 20.8. The number of hydroxylamine groups is 2. The Morgan fingerprint density at radius 1 is 1.18 bits per heavy atom. The molecule has 0 saturated carbocycles. The van der Waals surface area contributed by atoms with E-state index in [1.54, 1.807) is 18.2 Å². The maximum atomic E-state index is 13.0. The van der Waals surface area contributed by atoms with Crippen molar-refractivity contribution in [3.05, 3.63) is 43.0 Å². The van der Waals surface area contributed by atoms with Gasteiger partial charge in [-0.1, -0.05) is 52.0 Å². The molecule has 0 bridgehead atoms. The van der Waals surface area contributed by atoms with E-state index in [9.17, 15) is 13.6 Å². The fourth-order valence-corrected chi connectivity index (χ4v) is 5.49. The molecule has 28 heavy (non-hydrogen) atoms. The van der Waals surface area contributed by atoms with Gasteiger partial charge in [0.15, 0.2) is 21.3 Å². The van der Waals surface area contributed by atoms with Gasteiger partial charge in [0.05, 0.1) is 37.0 Å². The largest absolute Gasteiger partial charge is 0.493 e. The van der Waals surface area contributed by atoms with Crippen molar-refractivity contribution in [1.82, 2.24) is 5.06 Å². The lowest BCUT2D eigenvalue weighted by Crippen LogP contribution is -2.49. The summed E-state index contributed by atoms with van der Waals surface area (Å²) >= 11 is 0. The van der Waals surface area contributed by atoms with Crippen molar-refractivity contribution in [2.45, 2.75) is 56.5 Å². The molecule has 6 nitrogen and oxygen atoms in total. The molecule has 0 saturated heterocycles. The number of sulfone groups is 1. The number of hydrogen-bond donors (Lipinski definition) is 1. The molecule has 1 aromatic carbocycles. The summed E-state index contributed by atoms with van der Waals surface area (Å²) in [5, 5.41) is 11.9. The van der Waals surface area contributed by atoms with E-state index in [1.165, 1.54) is 25.3 Å². The van der Waals surface area contributed by atoms with Gasteiger partial charge < -0.3 is 14.7 Å². The maximum absolute atomic E-state index is 13.0. The molecule has 1 heterocycles. The summed E-state index contributed by atoms with van der Waals surface area (Å²) in [5.74, 6) is 0.731. The molecule has 1 N–H and O–H groups in total. The highest BCUT2D eigenvalue weighted by Crippen LogP contribution is 2.40. The Labute approximate surface area is 169 Å². The number of methoxy groups -OCH3 is 2. The first-order chi connectivity index (χ1) is 13.2. The molecule has 0 unspecified atom stereocenters. The molecule has 2 rings (SSSR count). The molecular weight excluding hydrogens is 378 g/mol. The van der Waals surface area contributed by atoms with Gasteiger partial charge in [-0.3, -0.25) is 0 Å². The zero-order valence-electron chi connectivity index (χ0n) is 17.4. The zero-order valence-corrected chi connectivity index (χ0v) is 18.2. The highest BCUT2D eigenvalue weighted by atomic mass is 32.2. The van der Waals surface area contributed by atoms with E-state index in [-0.39, 0.29) is 17.2 Å². The van der Waals surface area contributed by atoms with Crippen LogP contribution < -0.4 is 9.47 Å². The van der Waals surface area contributed by atoms with Crippen molar-refractivity contribution >= 4 is 9.84 Å². The van der Waals surface area contributed by atoms with E-state index in [1.807, 2.05) is 6.92 Å². The minimum Gasteiger partial charge on any atom is -0.493 e. The molecule has 0 spiro atoms. The first-order valence-electron chi connectivity index (χ1n) is 9.42. The van der Waals surface area contributed by atoms with Gasteiger partial charge in [-0.05, 0) is 24.5 Å². The van der Waals surface area contributed by atoms with Crippen LogP contribution in [0.15, 0.2) is 42.3 Å². The van der Waals surface area contributed by atoms with Gasteiger partial charge in [0.2, 0.25) is 0 Å². The second-order valence-corrected chi connectivity index (χ2v) is 8.74. The number of ether oxygens (including phenoxy) is 2. The number of allylic oxidation sites excluding steroid dienone is 2. The van der Waals surface area contributed by atoms with E-state index in [0.717, 1.165) is 12.8 Å². The highest BCUT2D eigenvalue weighted by molar-refractivity contribution is 7.91. The Kier molecular flexibility index (Phi) is 9.20. The summed E-state index contributed by atoms with van der Waals surface area (Å²) < 4.78 is 36.5. The van der Waals surface area contributed by atoms with Gasteiger partial charge in [-0.25, -0.2) is 8.42 Å². The molecule has 0 aliphatic carbocycles. The van der Waals surface area contributed by atoms with Crippen molar-refractivity contribution in [2.75, 3.05) is 20.0 Å². The third-order valence-corrected chi connectivity index (χ3v) is 7.02. The topological polar surface area (TPSA) is 76.1 Å². The maximum Gasteiger partial charge on any atom is 0.180 e. The lowest BCUT2D eigenvalue weighted by molar-refractivity contribution is -0.178. The van der Waals surface area contributed by atoms with Crippen LogP contribution in [0.3, 0.4) is 0 Å². The van der Waals surface area contributed by atoms with Crippen LogP contribution in [0, 0.1) is 0 Å². The quantitative estimate of drug-likeness (QED) is 0.671. The van der Waals surface area contributed by atoms with Gasteiger partial charge >= 0.3 is 0 Å². The number of rotatable bonds is 7. The Bertz CT molecular complexity index is 769. The molecule has 0 aromatic heterocycles. The summed E-state index contributed by atoms with van der Waals surface area (Å²) in [6, 6.07) is 3.14. The van der Waals surface area contributed by atoms with Crippen LogP contribution in [-0.4, -0.2) is 44.2 Å². The Morgan fingerprint density at radius 2 is 1.75 bits per heavy atom. The van der Waals surface area contributed by atoms with Gasteiger partial charge in [0.25, 0.3) is 0 Å². The predicted octanol–water partition coefficient (Wildman–Crippen LogP) is 4.38. The second kappa shape index (κ2) is 10.6. The first-order valence-corrected chi connectivity index (χ1v) is 11.1. The number of nitrogens with zero attached hydrogens (tertiary/aromatic N) is 1. The first kappa shape index (κ1) is 24.2. The minimum absolute atomic E-state index is 0.102. The second-order valence-electron chi connectivity index (χ2n) is 6.78. The molecule has 1 aromatic rings. The molecule has 0 radical (unpaired) electrons. The molecule has 7 heteroatoms. The third kappa shape index (κ3) is 5.37. The van der Waals surface area contributed by atoms with Gasteiger partial charge in [-0.15, -0.1) is 0 Å². The summed E-state index contributed by atoms with van der Waals surface area (Å²) in [6.07, 6.45) is 6.29. The minimum atomic E-state index is -3.56. The average molecular weight is 412 g/mol. The molecule has 158 valence electrons. The van der Waals surface area contributed by atoms with Crippen LogP contribution in [0.5, 0.6) is 11.5 Å². The number of benzene rings is 1. The van der Waals surface area contributed by atoms with E-state index in [4.69, 9.17) is 9.47 Å². The smallest absolute Gasteiger partial charge is 0.180 e. The van der Waals surface area contributed by atoms with Crippen molar-refractivity contribution in [1.29, 1.82) is 0 Å². The molecule has 0 amide bonds. The Balaban J connectivity index is 0.000000892. The zero-order chi connectivity index (χ0) is 21.4. The van der Waals surface area contributed by atoms with Crippen molar-refractivity contribution in [3.63, 3.8) is 0 Å². The van der Waals surface area contributed by atoms with E-state index in [0.29, 0.717) is 29.9 Å². The van der Waals surface area contributed by atoms with Crippen LogP contribution in [-0.2, 0) is 16.4 Å². The number of unbranched alkanes of at least 4 members (excludes halogenated alkanes) is 1. The van der Waals surface area contributed by atoms with Crippen LogP contribution >= 0.6 is 0 Å². The highest BCUT2D eigenvalue weighted by Gasteiger charge is 2.43. The third-order valence-electron chi connectivity index (χ3n) is 5.05. The van der Waals surface area contributed by atoms with Crippen molar-refractivity contribution in [3.8, 4) is 11.5 Å². The molecular formula is C21H33NO5S. The van der Waals surface area contributed by atoms with E-state index < -0.39 is 15.4 Å². The van der Waals surface area contributed by atoms with Gasteiger partial charge in [-0.2, -0.15) is 5.06 Å².